The SMILES string of the molecule is Cc1ccc(NC(=O)CCS(=O)(=O)c2ccc(Br)cc2)cc1. The summed E-state index contributed by atoms with van der Waals surface area (Å²) in [6.07, 6.45) is -0.0771. The lowest BCUT2D eigenvalue weighted by Gasteiger charge is -2.07. The second kappa shape index (κ2) is 7.07. The number of halogens is 1. The Hall–Kier alpha value is -1.66. The van der Waals surface area contributed by atoms with Crippen molar-refractivity contribution < 1.29 is 13.2 Å². The molecule has 0 aliphatic carbocycles. The summed E-state index contributed by atoms with van der Waals surface area (Å²) >= 11 is 3.26. The summed E-state index contributed by atoms with van der Waals surface area (Å²) in [6, 6.07) is 13.7. The van der Waals surface area contributed by atoms with Gasteiger partial charge in [-0.15, -0.1) is 0 Å². The van der Waals surface area contributed by atoms with Gasteiger partial charge in [-0.2, -0.15) is 0 Å². The van der Waals surface area contributed by atoms with Crippen molar-refractivity contribution >= 4 is 37.4 Å². The molecule has 0 radical (unpaired) electrons. The van der Waals surface area contributed by atoms with Crippen LogP contribution in [-0.2, 0) is 14.6 Å². The van der Waals surface area contributed by atoms with Crippen LogP contribution in [0.3, 0.4) is 0 Å². The summed E-state index contributed by atoms with van der Waals surface area (Å²) in [5, 5.41) is 2.69. The molecule has 0 aromatic heterocycles. The van der Waals surface area contributed by atoms with Gasteiger partial charge in [-0.1, -0.05) is 33.6 Å². The summed E-state index contributed by atoms with van der Waals surface area (Å²) < 4.78 is 25.1. The molecule has 0 aliphatic rings. The molecule has 0 spiro atoms. The molecule has 0 heterocycles. The van der Waals surface area contributed by atoms with Gasteiger partial charge in [0, 0.05) is 16.6 Å². The molecule has 1 N–H and O–H groups in total. The third-order valence-corrected chi connectivity index (χ3v) is 5.37. The topological polar surface area (TPSA) is 63.2 Å². The minimum absolute atomic E-state index is 0.0771. The van der Waals surface area contributed by atoms with Crippen LogP contribution in [-0.4, -0.2) is 20.1 Å². The first-order valence-corrected chi connectivity index (χ1v) is 9.16. The molecule has 6 heteroatoms. The fourth-order valence-electron chi connectivity index (χ4n) is 1.85. The molecule has 22 heavy (non-hydrogen) atoms. The zero-order valence-electron chi connectivity index (χ0n) is 12.0. The Bertz CT molecular complexity index is 753. The lowest BCUT2D eigenvalue weighted by atomic mass is 10.2. The third-order valence-electron chi connectivity index (χ3n) is 3.11. The fraction of sp³-hybridized carbons (Fsp3) is 0.188. The number of anilines is 1. The van der Waals surface area contributed by atoms with Crippen LogP contribution < -0.4 is 5.32 Å². The average Bonchev–Trinajstić information content (AvgIpc) is 2.48. The first-order valence-electron chi connectivity index (χ1n) is 6.72. The van der Waals surface area contributed by atoms with E-state index in [0.717, 1.165) is 10.0 Å². The number of rotatable bonds is 5. The molecule has 116 valence electrons. The van der Waals surface area contributed by atoms with Crippen LogP contribution >= 0.6 is 15.9 Å². The van der Waals surface area contributed by atoms with Crippen molar-refractivity contribution in [2.45, 2.75) is 18.2 Å². The van der Waals surface area contributed by atoms with E-state index in [9.17, 15) is 13.2 Å². The molecule has 2 aromatic rings. The maximum atomic E-state index is 12.1. The maximum absolute atomic E-state index is 12.1. The zero-order valence-corrected chi connectivity index (χ0v) is 14.4. The van der Waals surface area contributed by atoms with Crippen molar-refractivity contribution in [1.29, 1.82) is 0 Å². The van der Waals surface area contributed by atoms with E-state index >= 15 is 0 Å². The number of hydrogen-bond acceptors (Lipinski definition) is 3. The van der Waals surface area contributed by atoms with Crippen molar-refractivity contribution in [3.8, 4) is 0 Å². The highest BCUT2D eigenvalue weighted by atomic mass is 79.9. The Labute approximate surface area is 138 Å². The summed E-state index contributed by atoms with van der Waals surface area (Å²) in [6.45, 7) is 1.95. The predicted octanol–water partition coefficient (Wildman–Crippen LogP) is 3.56. The monoisotopic (exact) mass is 381 g/mol. The Morgan fingerprint density at radius 1 is 1.05 bits per heavy atom. The van der Waals surface area contributed by atoms with E-state index in [1.54, 1.807) is 24.3 Å². The van der Waals surface area contributed by atoms with Gasteiger partial charge in [0.25, 0.3) is 0 Å². The molecule has 1 amide bonds. The lowest BCUT2D eigenvalue weighted by Crippen LogP contribution is -2.17. The first kappa shape index (κ1) is 16.7. The molecule has 0 fully saturated rings. The van der Waals surface area contributed by atoms with E-state index in [4.69, 9.17) is 0 Å². The number of amides is 1. The van der Waals surface area contributed by atoms with Gasteiger partial charge in [-0.05, 0) is 43.3 Å². The Kier molecular flexibility index (Phi) is 5.37. The standard InChI is InChI=1S/C16H16BrNO3S/c1-12-2-6-14(7-3-12)18-16(19)10-11-22(20,21)15-8-4-13(17)5-9-15/h2-9H,10-11H2,1H3,(H,18,19). The molecule has 0 unspecified atom stereocenters. The van der Waals surface area contributed by atoms with E-state index in [1.165, 1.54) is 12.1 Å². The second-order valence-electron chi connectivity index (χ2n) is 4.94. The molecule has 2 aromatic carbocycles. The Morgan fingerprint density at radius 2 is 1.64 bits per heavy atom. The van der Waals surface area contributed by atoms with E-state index in [0.29, 0.717) is 5.69 Å². The molecule has 0 saturated carbocycles. The second-order valence-corrected chi connectivity index (χ2v) is 7.96. The van der Waals surface area contributed by atoms with Gasteiger partial charge in [0.15, 0.2) is 9.84 Å². The van der Waals surface area contributed by atoms with Gasteiger partial charge in [0.05, 0.1) is 10.6 Å². The molecular formula is C16H16BrNO3S. The number of aryl methyl sites for hydroxylation is 1. The number of carbonyl (C=O) groups is 1. The average molecular weight is 382 g/mol. The fourth-order valence-corrected chi connectivity index (χ4v) is 3.35. The molecular weight excluding hydrogens is 366 g/mol. The van der Waals surface area contributed by atoms with E-state index in [-0.39, 0.29) is 23.0 Å². The largest absolute Gasteiger partial charge is 0.326 e. The van der Waals surface area contributed by atoms with Gasteiger partial charge in [0.1, 0.15) is 0 Å². The minimum atomic E-state index is -3.45. The summed E-state index contributed by atoms with van der Waals surface area (Å²) in [5.74, 6) is -0.531. The third kappa shape index (κ3) is 4.68. The van der Waals surface area contributed by atoms with Gasteiger partial charge in [0.2, 0.25) is 5.91 Å². The van der Waals surface area contributed by atoms with Crippen molar-refractivity contribution in [3.63, 3.8) is 0 Å². The number of sulfone groups is 1. The number of benzene rings is 2. The quantitative estimate of drug-likeness (QED) is 0.860. The van der Waals surface area contributed by atoms with Crippen molar-refractivity contribution in [3.05, 3.63) is 58.6 Å². The predicted molar refractivity (Wildman–Crippen MR) is 90.6 cm³/mol. The number of hydrogen-bond donors (Lipinski definition) is 1. The highest BCUT2D eigenvalue weighted by molar-refractivity contribution is 9.10. The summed E-state index contributed by atoms with van der Waals surface area (Å²) in [7, 11) is -3.45. The molecule has 0 saturated heterocycles. The normalized spacial score (nSPS) is 11.2. The van der Waals surface area contributed by atoms with E-state index in [1.807, 2.05) is 19.1 Å². The minimum Gasteiger partial charge on any atom is -0.326 e. The van der Waals surface area contributed by atoms with Crippen LogP contribution in [0.1, 0.15) is 12.0 Å². The summed E-state index contributed by atoms with van der Waals surface area (Å²) in [4.78, 5) is 12.1. The Balaban J connectivity index is 1.95. The highest BCUT2D eigenvalue weighted by Gasteiger charge is 2.16. The van der Waals surface area contributed by atoms with Crippen LogP contribution in [0.4, 0.5) is 5.69 Å². The van der Waals surface area contributed by atoms with Gasteiger partial charge >= 0.3 is 0 Å². The van der Waals surface area contributed by atoms with Crippen molar-refractivity contribution in [2.75, 3.05) is 11.1 Å². The Morgan fingerprint density at radius 3 is 2.23 bits per heavy atom. The van der Waals surface area contributed by atoms with Crippen LogP contribution in [0.25, 0.3) is 0 Å². The maximum Gasteiger partial charge on any atom is 0.225 e. The van der Waals surface area contributed by atoms with E-state index < -0.39 is 9.84 Å². The van der Waals surface area contributed by atoms with Gasteiger partial charge in [-0.3, -0.25) is 4.79 Å². The van der Waals surface area contributed by atoms with Crippen LogP contribution in [0, 0.1) is 6.92 Å². The van der Waals surface area contributed by atoms with Crippen LogP contribution in [0.15, 0.2) is 57.9 Å². The van der Waals surface area contributed by atoms with Gasteiger partial charge in [-0.25, -0.2) is 8.42 Å². The van der Waals surface area contributed by atoms with Crippen molar-refractivity contribution in [1.82, 2.24) is 0 Å². The smallest absolute Gasteiger partial charge is 0.225 e. The van der Waals surface area contributed by atoms with Crippen molar-refractivity contribution in [2.24, 2.45) is 0 Å². The molecule has 0 aliphatic heterocycles. The molecule has 0 atom stereocenters. The molecule has 2 rings (SSSR count). The lowest BCUT2D eigenvalue weighted by molar-refractivity contribution is -0.115. The number of carbonyl (C=O) groups excluding carboxylic acids is 1. The first-order chi connectivity index (χ1) is 10.4. The zero-order chi connectivity index (χ0) is 16.2. The molecule has 0 bridgehead atoms. The molecule has 4 nitrogen and oxygen atoms in total. The van der Waals surface area contributed by atoms with Crippen LogP contribution in [0.2, 0.25) is 0 Å². The van der Waals surface area contributed by atoms with E-state index in [2.05, 4.69) is 21.2 Å². The number of nitrogens with one attached hydrogen (secondary N) is 1. The van der Waals surface area contributed by atoms with Gasteiger partial charge < -0.3 is 5.32 Å². The van der Waals surface area contributed by atoms with Crippen LogP contribution in [0.5, 0.6) is 0 Å². The summed E-state index contributed by atoms with van der Waals surface area (Å²) in [5.41, 5.74) is 1.76. The highest BCUT2D eigenvalue weighted by Crippen LogP contribution is 2.17.